The molecule has 0 nitrogen and oxygen atoms in total. The molecule has 0 aliphatic heterocycles. The summed E-state index contributed by atoms with van der Waals surface area (Å²) in [6.07, 6.45) is 6.89. The zero-order valence-corrected chi connectivity index (χ0v) is 11.5. The lowest BCUT2D eigenvalue weighted by Gasteiger charge is -1.95. The molecule has 0 fully saturated rings. The SMILES string of the molecule is C=C/C(C#Cc1ccc(CC)cc1)=C\C=C(C)C. The lowest BCUT2D eigenvalue weighted by Crippen LogP contribution is -1.80. The number of hydrogen-bond acceptors (Lipinski definition) is 0. The second-order valence-electron chi connectivity index (χ2n) is 4.37. The van der Waals surface area contributed by atoms with Gasteiger partial charge in [0.05, 0.1) is 0 Å². The standard InChI is InChI=1S/C18H20/c1-5-16(8-7-15(3)4)9-12-18-13-10-17(6-2)11-14-18/h5,7-8,10-11,13-14H,1,6H2,2-4H3/b16-8+. The first-order valence-corrected chi connectivity index (χ1v) is 6.24. The molecule has 0 spiro atoms. The summed E-state index contributed by atoms with van der Waals surface area (Å²) in [5.74, 6) is 6.28. The number of allylic oxidation sites excluding steroid dienone is 5. The van der Waals surface area contributed by atoms with Gasteiger partial charge < -0.3 is 0 Å². The molecule has 1 aromatic rings. The Morgan fingerprint density at radius 3 is 2.33 bits per heavy atom. The molecule has 0 saturated carbocycles. The molecule has 92 valence electrons. The van der Waals surface area contributed by atoms with Gasteiger partial charge in [-0.1, -0.05) is 55.2 Å². The molecule has 0 heterocycles. The highest BCUT2D eigenvalue weighted by Crippen LogP contribution is 2.04. The summed E-state index contributed by atoms with van der Waals surface area (Å²) in [7, 11) is 0. The van der Waals surface area contributed by atoms with Gasteiger partial charge in [-0.25, -0.2) is 0 Å². The Kier molecular flexibility index (Phi) is 5.74. The molecule has 0 aromatic heterocycles. The van der Waals surface area contributed by atoms with E-state index in [1.165, 1.54) is 11.1 Å². The van der Waals surface area contributed by atoms with Gasteiger partial charge in [0.25, 0.3) is 0 Å². The monoisotopic (exact) mass is 236 g/mol. The Morgan fingerprint density at radius 1 is 1.17 bits per heavy atom. The molecule has 18 heavy (non-hydrogen) atoms. The van der Waals surface area contributed by atoms with Gasteiger partial charge in [0, 0.05) is 11.1 Å². The Bertz CT molecular complexity index is 509. The van der Waals surface area contributed by atoms with Gasteiger partial charge in [-0.2, -0.15) is 0 Å². The number of hydrogen-bond donors (Lipinski definition) is 0. The molecule has 0 atom stereocenters. The molecular weight excluding hydrogens is 216 g/mol. The summed E-state index contributed by atoms with van der Waals surface area (Å²) in [4.78, 5) is 0. The van der Waals surface area contributed by atoms with Crippen LogP contribution in [0, 0.1) is 11.8 Å². The molecule has 0 aliphatic rings. The normalized spacial score (nSPS) is 10.3. The highest BCUT2D eigenvalue weighted by Gasteiger charge is 1.89. The second-order valence-corrected chi connectivity index (χ2v) is 4.37. The third-order valence-corrected chi connectivity index (χ3v) is 2.53. The third kappa shape index (κ3) is 4.89. The third-order valence-electron chi connectivity index (χ3n) is 2.53. The van der Waals surface area contributed by atoms with Crippen LogP contribution in [0.5, 0.6) is 0 Å². The Balaban J connectivity index is 2.88. The molecule has 0 unspecified atom stereocenters. The maximum atomic E-state index is 3.78. The van der Waals surface area contributed by atoms with Crippen LogP contribution in [-0.2, 0) is 6.42 Å². The van der Waals surface area contributed by atoms with E-state index < -0.39 is 0 Å². The molecule has 0 radical (unpaired) electrons. The van der Waals surface area contributed by atoms with Gasteiger partial charge in [-0.15, -0.1) is 0 Å². The van der Waals surface area contributed by atoms with Crippen LogP contribution in [0.15, 0.2) is 60.2 Å². The van der Waals surface area contributed by atoms with Crippen molar-refractivity contribution in [2.24, 2.45) is 0 Å². The molecule has 0 aliphatic carbocycles. The largest absolute Gasteiger partial charge is 0.0978 e. The molecule has 1 aromatic carbocycles. The van der Waals surface area contributed by atoms with E-state index in [2.05, 4.69) is 63.5 Å². The van der Waals surface area contributed by atoms with Crippen molar-refractivity contribution in [1.82, 2.24) is 0 Å². The molecule has 0 amide bonds. The second kappa shape index (κ2) is 7.35. The van der Waals surface area contributed by atoms with E-state index in [0.717, 1.165) is 17.6 Å². The van der Waals surface area contributed by atoms with Crippen molar-refractivity contribution in [3.05, 3.63) is 71.3 Å². The number of aryl methyl sites for hydroxylation is 1. The molecule has 0 bridgehead atoms. The first-order valence-electron chi connectivity index (χ1n) is 6.24. The van der Waals surface area contributed by atoms with Crippen molar-refractivity contribution in [3.63, 3.8) is 0 Å². The van der Waals surface area contributed by atoms with Crippen LogP contribution in [0.25, 0.3) is 0 Å². The zero-order valence-electron chi connectivity index (χ0n) is 11.5. The number of benzene rings is 1. The maximum absolute atomic E-state index is 3.78. The zero-order chi connectivity index (χ0) is 13.4. The van der Waals surface area contributed by atoms with E-state index in [4.69, 9.17) is 0 Å². The predicted octanol–water partition coefficient (Wildman–Crippen LogP) is 4.68. The van der Waals surface area contributed by atoms with Crippen LogP contribution < -0.4 is 0 Å². The Hall–Kier alpha value is -2.00. The van der Waals surface area contributed by atoms with Crippen molar-refractivity contribution in [1.29, 1.82) is 0 Å². The lowest BCUT2D eigenvalue weighted by molar-refractivity contribution is 1.14. The van der Waals surface area contributed by atoms with Crippen molar-refractivity contribution >= 4 is 0 Å². The van der Waals surface area contributed by atoms with E-state index in [1.807, 2.05) is 12.2 Å². The van der Waals surface area contributed by atoms with E-state index >= 15 is 0 Å². The summed E-state index contributed by atoms with van der Waals surface area (Å²) in [6, 6.07) is 8.37. The van der Waals surface area contributed by atoms with Crippen molar-refractivity contribution < 1.29 is 0 Å². The summed E-state index contributed by atoms with van der Waals surface area (Å²) in [6.45, 7) is 10.1. The van der Waals surface area contributed by atoms with E-state index in [1.54, 1.807) is 6.08 Å². The van der Waals surface area contributed by atoms with Crippen LogP contribution in [0.2, 0.25) is 0 Å². The smallest absolute Gasteiger partial charge is 0.0249 e. The van der Waals surface area contributed by atoms with Gasteiger partial charge >= 0.3 is 0 Å². The Morgan fingerprint density at radius 2 is 1.83 bits per heavy atom. The van der Waals surface area contributed by atoms with E-state index in [0.29, 0.717) is 0 Å². The van der Waals surface area contributed by atoms with Gasteiger partial charge in [0.1, 0.15) is 0 Å². The summed E-state index contributed by atoms with van der Waals surface area (Å²) >= 11 is 0. The van der Waals surface area contributed by atoms with Crippen molar-refractivity contribution in [2.45, 2.75) is 27.2 Å². The minimum Gasteiger partial charge on any atom is -0.0978 e. The maximum Gasteiger partial charge on any atom is 0.0249 e. The van der Waals surface area contributed by atoms with E-state index in [9.17, 15) is 0 Å². The quantitative estimate of drug-likeness (QED) is 0.528. The number of rotatable bonds is 3. The Labute approximate surface area is 111 Å². The molecule has 0 heteroatoms. The predicted molar refractivity (Wildman–Crippen MR) is 80.4 cm³/mol. The molecule has 0 N–H and O–H groups in total. The van der Waals surface area contributed by atoms with Gasteiger partial charge in [-0.05, 0) is 44.0 Å². The summed E-state index contributed by atoms with van der Waals surface area (Å²) in [5, 5.41) is 0. The van der Waals surface area contributed by atoms with Crippen LogP contribution in [0.3, 0.4) is 0 Å². The van der Waals surface area contributed by atoms with Gasteiger partial charge in [-0.3, -0.25) is 0 Å². The van der Waals surface area contributed by atoms with Gasteiger partial charge in [0.2, 0.25) is 0 Å². The minimum absolute atomic E-state index is 0.941. The van der Waals surface area contributed by atoms with Crippen LogP contribution >= 0.6 is 0 Å². The highest BCUT2D eigenvalue weighted by molar-refractivity contribution is 5.46. The lowest BCUT2D eigenvalue weighted by atomic mass is 10.1. The average Bonchev–Trinajstić information content (AvgIpc) is 2.39. The fourth-order valence-corrected chi connectivity index (χ4v) is 1.39. The fourth-order valence-electron chi connectivity index (χ4n) is 1.39. The topological polar surface area (TPSA) is 0 Å². The summed E-state index contributed by atoms with van der Waals surface area (Å²) < 4.78 is 0. The average molecular weight is 236 g/mol. The molecule has 0 saturated heterocycles. The van der Waals surface area contributed by atoms with Crippen LogP contribution in [0.1, 0.15) is 31.9 Å². The molecule has 1 rings (SSSR count). The summed E-state index contributed by atoms with van der Waals surface area (Å²) in [5.41, 5.74) is 4.57. The minimum atomic E-state index is 0.941. The fraction of sp³-hybridized carbons (Fsp3) is 0.222. The molecular formula is C18H20. The first kappa shape index (κ1) is 14.1. The van der Waals surface area contributed by atoms with Crippen LogP contribution in [-0.4, -0.2) is 0 Å². The van der Waals surface area contributed by atoms with Crippen LogP contribution in [0.4, 0.5) is 0 Å². The first-order chi connectivity index (χ1) is 8.65. The van der Waals surface area contributed by atoms with Gasteiger partial charge in [0.15, 0.2) is 0 Å². The van der Waals surface area contributed by atoms with Crippen molar-refractivity contribution in [2.75, 3.05) is 0 Å². The van der Waals surface area contributed by atoms with Crippen molar-refractivity contribution in [3.8, 4) is 11.8 Å². The highest BCUT2D eigenvalue weighted by atomic mass is 13.9. The van der Waals surface area contributed by atoms with E-state index in [-0.39, 0.29) is 0 Å².